The van der Waals surface area contributed by atoms with Crippen LogP contribution in [0.2, 0.25) is 0 Å². The summed E-state index contributed by atoms with van der Waals surface area (Å²) in [6.45, 7) is 2.85. The Hall–Kier alpha value is -9.70. The number of alkyl halides is 1. The predicted octanol–water partition coefficient (Wildman–Crippen LogP) is 9.31. The van der Waals surface area contributed by atoms with E-state index in [0.29, 0.717) is 89.5 Å². The van der Waals surface area contributed by atoms with Crippen molar-refractivity contribution in [3.8, 4) is 0 Å². The minimum Gasteiger partial charge on any atom is -0.481 e. The van der Waals surface area contributed by atoms with Gasteiger partial charge in [-0.2, -0.15) is 0 Å². The number of carboxylic acids is 3. The Kier molecular flexibility index (Phi) is 33.6. The standard InChI is InChI=1S/C20H20O8.C16H16O4.C14H18N2.C14H16O2.C6H6O3.CH3F/c21-11-27-10-16(28-12-22)8-14-6-5-13(17-3-1-2-4-18(14)17)7-15(20(25)26)9-19(23)24;17-11-20-10-9-13-6-5-12(7-8-16(18)19)14-3-1-2-4-15(13)14;2*15-9-7-11-5-6-12(8-10-16)14-4-2-1-3-13(11)14;7-3-5-1-2-6(4-8)9-5;1-2/h1-6,11-12,15-16H,7-10H2,(H,23,24)(H,25,26);1-6,11H,7-10H2,(H,18,19);1-6H,7-10,15-16H2;1-6,15-16H,7-10H2;1-3,8H,4H2;1H3. The normalized spacial score (nSPS) is 11.0. The zero-order chi connectivity index (χ0) is 66.3. The maximum absolute atomic E-state index is 11.4. The lowest BCUT2D eigenvalue weighted by molar-refractivity contribution is -0.148. The van der Waals surface area contributed by atoms with Gasteiger partial charge >= 0.3 is 17.9 Å². The van der Waals surface area contributed by atoms with Crippen molar-refractivity contribution >= 4 is 86.7 Å². The minimum absolute atomic E-state index is 0.0744. The molecule has 9 aromatic rings. The predicted molar refractivity (Wildman–Crippen MR) is 345 cm³/mol. The summed E-state index contributed by atoms with van der Waals surface area (Å²) in [5.41, 5.74) is 19.9. The summed E-state index contributed by atoms with van der Waals surface area (Å²) in [7, 11) is 0.500. The zero-order valence-corrected chi connectivity index (χ0v) is 50.7. The first-order chi connectivity index (χ1) is 44.3. The Morgan fingerprint density at radius 3 is 1.19 bits per heavy atom. The van der Waals surface area contributed by atoms with Crippen LogP contribution < -0.4 is 11.5 Å². The summed E-state index contributed by atoms with van der Waals surface area (Å²) in [5.74, 6) is -3.51. The van der Waals surface area contributed by atoms with Crippen molar-refractivity contribution in [3.63, 3.8) is 0 Å². The molecular formula is C71H79FN2O17. The van der Waals surface area contributed by atoms with Gasteiger partial charge in [0.15, 0.2) is 12.0 Å². The number of benzene rings is 8. The van der Waals surface area contributed by atoms with Gasteiger partial charge in [-0.15, -0.1) is 0 Å². The Balaban J connectivity index is 0.000000250. The third kappa shape index (κ3) is 23.6. The highest BCUT2D eigenvalue weighted by molar-refractivity contribution is 5.92. The molecule has 0 aliphatic heterocycles. The van der Waals surface area contributed by atoms with Gasteiger partial charge < -0.3 is 60.7 Å². The highest BCUT2D eigenvalue weighted by Gasteiger charge is 2.23. The van der Waals surface area contributed by atoms with E-state index in [1.54, 1.807) is 24.3 Å². The van der Waals surface area contributed by atoms with E-state index in [-0.39, 0.29) is 51.5 Å². The fraction of sp³-hybridized carbons (Fsp3) is 0.282. The van der Waals surface area contributed by atoms with Gasteiger partial charge in [-0.3, -0.25) is 38.0 Å². The van der Waals surface area contributed by atoms with Gasteiger partial charge in [0, 0.05) is 32.5 Å². The number of aliphatic hydroxyl groups excluding tert-OH is 3. The van der Waals surface area contributed by atoms with E-state index in [1.165, 1.54) is 49.9 Å². The number of aldehydes is 1. The van der Waals surface area contributed by atoms with E-state index in [0.717, 1.165) is 51.1 Å². The first kappa shape index (κ1) is 73.8. The molecule has 482 valence electrons. The summed E-state index contributed by atoms with van der Waals surface area (Å²) < 4.78 is 28.6. The summed E-state index contributed by atoms with van der Waals surface area (Å²) in [5, 5.41) is 62.3. The second kappa shape index (κ2) is 41.5. The number of furan rings is 1. The number of aryl methyl sites for hydroxylation is 1. The number of aliphatic carboxylic acids is 3. The van der Waals surface area contributed by atoms with Crippen molar-refractivity contribution in [2.24, 2.45) is 17.4 Å². The van der Waals surface area contributed by atoms with Gasteiger partial charge in [-0.1, -0.05) is 146 Å². The number of aliphatic hydroxyl groups is 3. The lowest BCUT2D eigenvalue weighted by Gasteiger charge is -2.18. The summed E-state index contributed by atoms with van der Waals surface area (Å²) in [6.07, 6.45) is 4.36. The van der Waals surface area contributed by atoms with Crippen LogP contribution in [0.15, 0.2) is 162 Å². The maximum atomic E-state index is 11.4. The van der Waals surface area contributed by atoms with E-state index >= 15 is 0 Å². The number of rotatable bonds is 29. The largest absolute Gasteiger partial charge is 0.481 e. The first-order valence-electron chi connectivity index (χ1n) is 29.3. The molecule has 0 aliphatic rings. The zero-order valence-electron chi connectivity index (χ0n) is 50.7. The van der Waals surface area contributed by atoms with Crippen LogP contribution in [0.3, 0.4) is 0 Å². The number of carbonyl (C=O) groups excluding carboxylic acids is 4. The Bertz CT molecular complexity index is 3560. The monoisotopic (exact) mass is 1250 g/mol. The van der Waals surface area contributed by atoms with Crippen molar-refractivity contribution in [1.82, 2.24) is 0 Å². The molecule has 0 spiro atoms. The molecule has 0 fully saturated rings. The molecular weight excluding hydrogens is 1170 g/mol. The van der Waals surface area contributed by atoms with Crippen LogP contribution in [0.1, 0.15) is 73.7 Å². The SMILES string of the molecule is CF.NCCc1ccc(CCN)c2ccccc12.O=COCC(Cc1ccc(CC(CC(=O)O)C(=O)O)c2ccccc12)OC=O.O=COCCc1ccc(CCC(=O)O)c2ccccc12.O=Cc1ccc(CO)o1.OCCc1ccc(CCO)c2ccccc12. The van der Waals surface area contributed by atoms with Gasteiger partial charge in [0.1, 0.15) is 25.1 Å². The summed E-state index contributed by atoms with van der Waals surface area (Å²) in [6, 6.07) is 50.8. The Labute approximate surface area is 526 Å². The highest BCUT2D eigenvalue weighted by atomic mass is 19.1. The van der Waals surface area contributed by atoms with Gasteiger partial charge in [0.25, 0.3) is 19.4 Å². The summed E-state index contributed by atoms with van der Waals surface area (Å²) >= 11 is 0. The van der Waals surface area contributed by atoms with Crippen LogP contribution in [0.4, 0.5) is 4.39 Å². The van der Waals surface area contributed by atoms with Crippen molar-refractivity contribution < 1.29 is 87.2 Å². The fourth-order valence-electron chi connectivity index (χ4n) is 10.3. The van der Waals surface area contributed by atoms with Gasteiger partial charge in [-0.25, -0.2) is 0 Å². The lowest BCUT2D eigenvalue weighted by Crippen LogP contribution is -2.22. The van der Waals surface area contributed by atoms with E-state index < -0.39 is 36.4 Å². The number of ether oxygens (including phenoxy) is 3. The topological polar surface area (TPSA) is 334 Å². The molecule has 0 saturated heterocycles. The third-order valence-electron chi connectivity index (χ3n) is 14.4. The number of carboxylic acid groups (broad SMARTS) is 3. The Morgan fingerprint density at radius 2 is 0.857 bits per heavy atom. The van der Waals surface area contributed by atoms with Crippen LogP contribution in [-0.2, 0) is 101 Å². The molecule has 0 bridgehead atoms. The molecule has 1 heterocycles. The van der Waals surface area contributed by atoms with Crippen molar-refractivity contribution in [1.29, 1.82) is 0 Å². The molecule has 1 aromatic heterocycles. The second-order valence-corrected chi connectivity index (χ2v) is 20.3. The molecule has 19 nitrogen and oxygen atoms in total. The third-order valence-corrected chi connectivity index (χ3v) is 14.4. The molecule has 8 aromatic carbocycles. The van der Waals surface area contributed by atoms with Gasteiger partial charge in [0.05, 0.1) is 26.1 Å². The van der Waals surface area contributed by atoms with Crippen molar-refractivity contribution in [3.05, 3.63) is 214 Å². The molecule has 2 atom stereocenters. The first-order valence-corrected chi connectivity index (χ1v) is 29.3. The van der Waals surface area contributed by atoms with Crippen molar-refractivity contribution in [2.75, 3.05) is 46.7 Å². The van der Waals surface area contributed by atoms with E-state index in [2.05, 4.69) is 53.3 Å². The van der Waals surface area contributed by atoms with Gasteiger partial charge in [-0.05, 0) is 151 Å². The molecule has 9 rings (SSSR count). The van der Waals surface area contributed by atoms with Crippen LogP contribution in [0.5, 0.6) is 0 Å². The fourth-order valence-corrected chi connectivity index (χ4v) is 10.3. The average Bonchev–Trinajstić information content (AvgIpc) is 1.99. The highest BCUT2D eigenvalue weighted by Crippen LogP contribution is 2.29. The molecule has 91 heavy (non-hydrogen) atoms. The second-order valence-electron chi connectivity index (χ2n) is 20.3. The molecule has 10 N–H and O–H groups in total. The van der Waals surface area contributed by atoms with Crippen LogP contribution in [0, 0.1) is 5.92 Å². The number of hydrogen-bond acceptors (Lipinski definition) is 16. The van der Waals surface area contributed by atoms with E-state index in [9.17, 15) is 43.1 Å². The van der Waals surface area contributed by atoms with Gasteiger partial charge in [0.2, 0.25) is 0 Å². The average molecular weight is 1250 g/mol. The number of halogens is 1. The molecule has 2 unspecified atom stereocenters. The minimum atomic E-state index is -1.17. The maximum Gasteiger partial charge on any atom is 0.307 e. The quantitative estimate of drug-likeness (QED) is 0.0123. The van der Waals surface area contributed by atoms with Crippen LogP contribution in [0.25, 0.3) is 43.1 Å². The molecule has 20 heteroatoms. The number of carbonyl (C=O) groups is 7. The summed E-state index contributed by atoms with van der Waals surface area (Å²) in [4.78, 5) is 74.3. The van der Waals surface area contributed by atoms with Crippen LogP contribution >= 0.6 is 0 Å². The smallest absolute Gasteiger partial charge is 0.307 e. The van der Waals surface area contributed by atoms with E-state index in [1.807, 2.05) is 78.9 Å². The number of fused-ring (bicyclic) bond motifs is 4. The van der Waals surface area contributed by atoms with Crippen LogP contribution in [-0.4, -0.2) is 127 Å². The molecule has 0 saturated carbocycles. The van der Waals surface area contributed by atoms with E-state index in [4.69, 9.17) is 50.9 Å². The number of hydrogen-bond donors (Lipinski definition) is 8. The number of nitrogens with two attached hydrogens (primary N) is 2. The van der Waals surface area contributed by atoms with Crippen molar-refractivity contribution in [2.45, 2.75) is 76.9 Å². The molecule has 0 radical (unpaired) electrons. The molecule has 0 amide bonds. The molecule has 0 aliphatic carbocycles. The lowest BCUT2D eigenvalue weighted by atomic mass is 9.90. The Morgan fingerprint density at radius 1 is 0.473 bits per heavy atom.